The quantitative estimate of drug-likeness (QED) is 0.786. The lowest BCUT2D eigenvalue weighted by atomic mass is 9.95. The molecule has 2 aromatic rings. The van der Waals surface area contributed by atoms with Crippen molar-refractivity contribution in [3.8, 4) is 11.3 Å². The van der Waals surface area contributed by atoms with Crippen LogP contribution in [0.3, 0.4) is 0 Å². The summed E-state index contributed by atoms with van der Waals surface area (Å²) >= 11 is 0. The predicted octanol–water partition coefficient (Wildman–Crippen LogP) is 0.564. The molecule has 19 heavy (non-hydrogen) atoms. The van der Waals surface area contributed by atoms with Crippen molar-refractivity contribution >= 4 is 13.3 Å². The molecule has 0 aliphatic heterocycles. The van der Waals surface area contributed by atoms with Crippen molar-refractivity contribution < 1.29 is 10.2 Å². The molecule has 4 nitrogen and oxygen atoms in total. The summed E-state index contributed by atoms with van der Waals surface area (Å²) in [5.74, 6) is 0.536. The molecule has 0 amide bonds. The van der Waals surface area contributed by atoms with Crippen LogP contribution in [0.2, 0.25) is 0 Å². The van der Waals surface area contributed by atoms with Crippen LogP contribution in [0.1, 0.15) is 19.7 Å². The van der Waals surface area contributed by atoms with E-state index in [1.807, 2.05) is 30.5 Å². The SMILES string of the molecule is [B]c1ccc(-c2cn(CCO)c(C(C)(C)O)n2)cc1. The summed E-state index contributed by atoms with van der Waals surface area (Å²) < 4.78 is 1.77. The fourth-order valence-corrected chi connectivity index (χ4v) is 1.98. The zero-order valence-corrected chi connectivity index (χ0v) is 11.2. The molecule has 1 aromatic carbocycles. The smallest absolute Gasteiger partial charge is 0.141 e. The van der Waals surface area contributed by atoms with Gasteiger partial charge in [0, 0.05) is 18.3 Å². The van der Waals surface area contributed by atoms with Crippen LogP contribution in [0.25, 0.3) is 11.3 Å². The second-order valence-electron chi connectivity index (χ2n) is 5.05. The van der Waals surface area contributed by atoms with Crippen LogP contribution < -0.4 is 5.46 Å². The molecule has 0 atom stereocenters. The minimum absolute atomic E-state index is 0.000613. The third-order valence-corrected chi connectivity index (χ3v) is 2.87. The van der Waals surface area contributed by atoms with Gasteiger partial charge in [0.05, 0.1) is 12.3 Å². The van der Waals surface area contributed by atoms with Crippen LogP contribution in [-0.4, -0.2) is 34.2 Å². The van der Waals surface area contributed by atoms with Gasteiger partial charge in [-0.05, 0) is 13.8 Å². The van der Waals surface area contributed by atoms with Gasteiger partial charge in [-0.15, -0.1) is 0 Å². The Morgan fingerprint density at radius 3 is 2.42 bits per heavy atom. The highest BCUT2D eigenvalue weighted by Gasteiger charge is 2.23. The average molecular weight is 256 g/mol. The highest BCUT2D eigenvalue weighted by Crippen LogP contribution is 2.24. The van der Waals surface area contributed by atoms with E-state index < -0.39 is 5.60 Å². The van der Waals surface area contributed by atoms with E-state index >= 15 is 0 Å². The van der Waals surface area contributed by atoms with E-state index in [4.69, 9.17) is 13.0 Å². The van der Waals surface area contributed by atoms with Gasteiger partial charge in [0.1, 0.15) is 19.3 Å². The van der Waals surface area contributed by atoms with Crippen LogP contribution in [0.5, 0.6) is 0 Å². The second kappa shape index (κ2) is 5.19. The van der Waals surface area contributed by atoms with Gasteiger partial charge >= 0.3 is 0 Å². The molecule has 2 rings (SSSR count). The van der Waals surface area contributed by atoms with Gasteiger partial charge in [0.15, 0.2) is 0 Å². The number of benzene rings is 1. The molecule has 2 radical (unpaired) electrons. The highest BCUT2D eigenvalue weighted by atomic mass is 16.3. The first kappa shape index (κ1) is 13.8. The summed E-state index contributed by atoms with van der Waals surface area (Å²) in [4.78, 5) is 4.46. The van der Waals surface area contributed by atoms with Crippen molar-refractivity contribution in [1.82, 2.24) is 9.55 Å². The molecular weight excluding hydrogens is 239 g/mol. The maximum atomic E-state index is 10.1. The first-order chi connectivity index (χ1) is 8.91. The number of hydrogen-bond acceptors (Lipinski definition) is 3. The Morgan fingerprint density at radius 2 is 1.89 bits per heavy atom. The van der Waals surface area contributed by atoms with Crippen molar-refractivity contribution in [2.75, 3.05) is 6.61 Å². The van der Waals surface area contributed by atoms with Crippen molar-refractivity contribution in [3.63, 3.8) is 0 Å². The van der Waals surface area contributed by atoms with E-state index in [1.165, 1.54) is 0 Å². The molecule has 0 aliphatic rings. The summed E-state index contributed by atoms with van der Waals surface area (Å²) in [6, 6.07) is 7.39. The fourth-order valence-electron chi connectivity index (χ4n) is 1.98. The molecule has 1 heterocycles. The molecule has 2 N–H and O–H groups in total. The Kier molecular flexibility index (Phi) is 3.78. The van der Waals surface area contributed by atoms with Crippen LogP contribution in [-0.2, 0) is 12.1 Å². The Morgan fingerprint density at radius 1 is 1.26 bits per heavy atom. The summed E-state index contributed by atoms with van der Waals surface area (Å²) in [5.41, 5.74) is 1.32. The number of hydrogen-bond donors (Lipinski definition) is 2. The Labute approximate surface area is 114 Å². The number of imidazole rings is 1. The van der Waals surface area contributed by atoms with E-state index in [9.17, 15) is 5.11 Å². The Balaban J connectivity index is 2.45. The third kappa shape index (κ3) is 3.05. The topological polar surface area (TPSA) is 58.3 Å². The lowest BCUT2D eigenvalue weighted by Gasteiger charge is -2.17. The normalized spacial score (nSPS) is 11.8. The van der Waals surface area contributed by atoms with Gasteiger partial charge in [0.25, 0.3) is 0 Å². The van der Waals surface area contributed by atoms with Gasteiger partial charge in [-0.3, -0.25) is 0 Å². The molecule has 0 bridgehead atoms. The number of rotatable bonds is 4. The van der Waals surface area contributed by atoms with Gasteiger partial charge in [0.2, 0.25) is 0 Å². The van der Waals surface area contributed by atoms with E-state index in [0.717, 1.165) is 11.3 Å². The zero-order valence-electron chi connectivity index (χ0n) is 11.2. The molecule has 1 aromatic heterocycles. The summed E-state index contributed by atoms with van der Waals surface area (Å²) in [5, 5.41) is 19.2. The summed E-state index contributed by atoms with van der Waals surface area (Å²) in [6.45, 7) is 3.76. The van der Waals surface area contributed by atoms with E-state index in [0.29, 0.717) is 17.8 Å². The van der Waals surface area contributed by atoms with Crippen molar-refractivity contribution in [2.24, 2.45) is 0 Å². The Bertz CT molecular complexity index is 556. The van der Waals surface area contributed by atoms with Crippen LogP contribution in [0.4, 0.5) is 0 Å². The van der Waals surface area contributed by atoms with Crippen molar-refractivity contribution in [1.29, 1.82) is 0 Å². The van der Waals surface area contributed by atoms with Gasteiger partial charge in [-0.2, -0.15) is 0 Å². The first-order valence-electron chi connectivity index (χ1n) is 6.18. The van der Waals surface area contributed by atoms with Crippen molar-refractivity contribution in [3.05, 3.63) is 36.3 Å². The predicted molar refractivity (Wildman–Crippen MR) is 75.4 cm³/mol. The summed E-state index contributed by atoms with van der Waals surface area (Å²) in [6.07, 6.45) is 1.83. The molecule has 0 fully saturated rings. The maximum absolute atomic E-state index is 10.1. The van der Waals surface area contributed by atoms with E-state index in [-0.39, 0.29) is 6.61 Å². The monoisotopic (exact) mass is 256 g/mol. The molecule has 0 saturated heterocycles. The molecule has 0 spiro atoms. The van der Waals surface area contributed by atoms with Gasteiger partial charge < -0.3 is 14.8 Å². The van der Waals surface area contributed by atoms with E-state index in [2.05, 4.69) is 4.98 Å². The lowest BCUT2D eigenvalue weighted by molar-refractivity contribution is 0.0637. The molecule has 98 valence electrons. The molecule has 0 saturated carbocycles. The van der Waals surface area contributed by atoms with Crippen LogP contribution >= 0.6 is 0 Å². The molecule has 0 unspecified atom stereocenters. The number of aliphatic hydroxyl groups is 2. The van der Waals surface area contributed by atoms with Gasteiger partial charge in [-0.1, -0.05) is 29.7 Å². The standard InChI is InChI=1S/C14H17BN2O2/c1-14(2,19)13-16-12(9-17(13)7-8-18)10-3-5-11(15)6-4-10/h3-6,9,18-19H,7-8H2,1-2H3. The van der Waals surface area contributed by atoms with Gasteiger partial charge in [-0.25, -0.2) is 4.98 Å². The molecular formula is C14H17BN2O2. The highest BCUT2D eigenvalue weighted by molar-refractivity contribution is 6.32. The second-order valence-corrected chi connectivity index (χ2v) is 5.05. The molecule has 5 heteroatoms. The minimum atomic E-state index is -1.05. The number of aromatic nitrogens is 2. The summed E-state index contributed by atoms with van der Waals surface area (Å²) in [7, 11) is 5.66. The molecule has 0 aliphatic carbocycles. The first-order valence-corrected chi connectivity index (χ1v) is 6.18. The minimum Gasteiger partial charge on any atom is -0.395 e. The van der Waals surface area contributed by atoms with E-state index in [1.54, 1.807) is 18.4 Å². The number of aliphatic hydroxyl groups excluding tert-OH is 1. The lowest BCUT2D eigenvalue weighted by Crippen LogP contribution is -2.22. The van der Waals surface area contributed by atoms with Crippen LogP contribution in [0, 0.1) is 0 Å². The fraction of sp³-hybridized carbons (Fsp3) is 0.357. The third-order valence-electron chi connectivity index (χ3n) is 2.87. The zero-order chi connectivity index (χ0) is 14.0. The Hall–Kier alpha value is -1.59. The maximum Gasteiger partial charge on any atom is 0.141 e. The average Bonchev–Trinajstić information content (AvgIpc) is 2.74. The van der Waals surface area contributed by atoms with Crippen molar-refractivity contribution in [2.45, 2.75) is 26.0 Å². The van der Waals surface area contributed by atoms with Crippen LogP contribution in [0.15, 0.2) is 30.5 Å². The largest absolute Gasteiger partial charge is 0.395 e. The number of nitrogens with zero attached hydrogens (tertiary/aromatic N) is 2.